The minimum Gasteiger partial charge on any atom is -0.313 e. The second-order valence-corrected chi connectivity index (χ2v) is 4.55. The Morgan fingerprint density at radius 2 is 2.16 bits per heavy atom. The van der Waals surface area contributed by atoms with Gasteiger partial charge >= 0.3 is 0 Å². The van der Waals surface area contributed by atoms with Crippen LogP contribution in [0.15, 0.2) is 29.1 Å². The Balaban J connectivity index is 2.38. The summed E-state index contributed by atoms with van der Waals surface area (Å²) in [7, 11) is 1.81. The van der Waals surface area contributed by atoms with Gasteiger partial charge in [0.2, 0.25) is 0 Å². The quantitative estimate of drug-likeness (QED) is 0.680. The summed E-state index contributed by atoms with van der Waals surface area (Å²) in [5.41, 5.74) is 2.32. The van der Waals surface area contributed by atoms with E-state index in [1.807, 2.05) is 38.2 Å². The number of hydrogen-bond acceptors (Lipinski definition) is 4. The van der Waals surface area contributed by atoms with Crippen molar-refractivity contribution in [3.63, 3.8) is 0 Å². The van der Waals surface area contributed by atoms with Crippen molar-refractivity contribution in [2.75, 3.05) is 7.05 Å². The van der Waals surface area contributed by atoms with Crippen LogP contribution in [0.3, 0.4) is 0 Å². The number of hydrogen-bond donors (Lipinski definition) is 2. The minimum atomic E-state index is -0.147. The molecule has 0 radical (unpaired) electrons. The average molecular weight is 254 g/mol. The van der Waals surface area contributed by atoms with E-state index in [2.05, 4.69) is 20.3 Å². The minimum absolute atomic E-state index is 0.147. The lowest BCUT2D eigenvalue weighted by Gasteiger charge is -2.05. The molecule has 0 fully saturated rings. The van der Waals surface area contributed by atoms with Crippen LogP contribution in [0.4, 0.5) is 0 Å². The molecule has 19 heavy (non-hydrogen) atoms. The van der Waals surface area contributed by atoms with Gasteiger partial charge in [-0.15, -0.1) is 0 Å². The Morgan fingerprint density at radius 3 is 2.95 bits per heavy atom. The van der Waals surface area contributed by atoms with E-state index < -0.39 is 0 Å². The van der Waals surface area contributed by atoms with Gasteiger partial charge in [0.1, 0.15) is 5.82 Å². The fraction of sp³-hybridized carbons (Fsp3) is 0.214. The molecule has 96 valence electrons. The Morgan fingerprint density at radius 1 is 1.32 bits per heavy atom. The molecule has 0 spiro atoms. The maximum atomic E-state index is 12.0. The van der Waals surface area contributed by atoms with Gasteiger partial charge in [-0.05, 0) is 25.6 Å². The van der Waals surface area contributed by atoms with Crippen molar-refractivity contribution in [1.82, 2.24) is 20.3 Å². The van der Waals surface area contributed by atoms with Crippen LogP contribution in [0.5, 0.6) is 0 Å². The number of H-pyrrole nitrogens is 1. The van der Waals surface area contributed by atoms with Crippen molar-refractivity contribution >= 4 is 21.9 Å². The highest BCUT2D eigenvalue weighted by Gasteiger charge is 2.07. The SMILES string of the molecule is CNCc1nc2nc3c(C)cccc3cc2c(=O)[nH]1. The predicted octanol–water partition coefficient (Wildman–Crippen LogP) is 1.50. The second kappa shape index (κ2) is 4.44. The molecule has 0 saturated heterocycles. The zero-order chi connectivity index (χ0) is 13.4. The van der Waals surface area contributed by atoms with Crippen molar-refractivity contribution in [2.24, 2.45) is 0 Å². The number of benzene rings is 1. The second-order valence-electron chi connectivity index (χ2n) is 4.55. The van der Waals surface area contributed by atoms with Crippen LogP contribution in [0.1, 0.15) is 11.4 Å². The van der Waals surface area contributed by atoms with Crippen LogP contribution >= 0.6 is 0 Å². The van der Waals surface area contributed by atoms with Crippen molar-refractivity contribution in [3.05, 3.63) is 46.0 Å². The number of aromatic amines is 1. The first-order valence-electron chi connectivity index (χ1n) is 6.13. The van der Waals surface area contributed by atoms with Crippen LogP contribution < -0.4 is 10.9 Å². The third-order valence-electron chi connectivity index (χ3n) is 3.11. The summed E-state index contributed by atoms with van der Waals surface area (Å²) >= 11 is 0. The van der Waals surface area contributed by atoms with Crippen LogP contribution in [0.2, 0.25) is 0 Å². The number of rotatable bonds is 2. The summed E-state index contributed by atoms with van der Waals surface area (Å²) in [5.74, 6) is 0.598. The number of nitrogens with zero attached hydrogens (tertiary/aromatic N) is 2. The summed E-state index contributed by atoms with van der Waals surface area (Å²) in [5, 5.41) is 4.45. The first-order chi connectivity index (χ1) is 9.19. The number of nitrogens with one attached hydrogen (secondary N) is 2. The Bertz CT molecular complexity index is 823. The lowest BCUT2D eigenvalue weighted by atomic mass is 10.1. The average Bonchev–Trinajstić information content (AvgIpc) is 2.38. The van der Waals surface area contributed by atoms with Gasteiger partial charge in [-0.3, -0.25) is 4.79 Å². The molecule has 0 bridgehead atoms. The van der Waals surface area contributed by atoms with E-state index in [9.17, 15) is 4.79 Å². The number of fused-ring (bicyclic) bond motifs is 2. The maximum absolute atomic E-state index is 12.0. The van der Waals surface area contributed by atoms with E-state index in [0.717, 1.165) is 16.5 Å². The third kappa shape index (κ3) is 1.98. The summed E-state index contributed by atoms with van der Waals surface area (Å²) in [4.78, 5) is 23.7. The Labute approximate surface area is 109 Å². The molecule has 0 aliphatic heterocycles. The molecule has 3 rings (SSSR count). The molecular weight excluding hydrogens is 240 g/mol. The van der Waals surface area contributed by atoms with Crippen molar-refractivity contribution in [2.45, 2.75) is 13.5 Å². The molecule has 2 N–H and O–H groups in total. The van der Waals surface area contributed by atoms with Crippen LogP contribution in [0.25, 0.3) is 21.9 Å². The molecule has 3 aromatic rings. The highest BCUT2D eigenvalue weighted by Crippen LogP contribution is 2.19. The van der Waals surface area contributed by atoms with Gasteiger partial charge in [-0.25, -0.2) is 9.97 Å². The highest BCUT2D eigenvalue weighted by atomic mass is 16.1. The molecule has 0 aliphatic carbocycles. The lowest BCUT2D eigenvalue weighted by Crippen LogP contribution is -2.17. The topological polar surface area (TPSA) is 70.7 Å². The lowest BCUT2D eigenvalue weighted by molar-refractivity contribution is 0.758. The molecule has 2 aromatic heterocycles. The number of aryl methyl sites for hydroxylation is 1. The van der Waals surface area contributed by atoms with E-state index >= 15 is 0 Å². The van der Waals surface area contributed by atoms with E-state index in [1.165, 1.54) is 0 Å². The molecule has 1 aromatic carbocycles. The smallest absolute Gasteiger partial charge is 0.260 e. The van der Waals surface area contributed by atoms with Gasteiger partial charge in [0.05, 0.1) is 17.4 Å². The molecule has 0 saturated carbocycles. The number of aromatic nitrogens is 3. The molecule has 5 heteroatoms. The summed E-state index contributed by atoms with van der Waals surface area (Å²) in [6, 6.07) is 7.76. The van der Waals surface area contributed by atoms with Crippen LogP contribution in [-0.2, 0) is 6.54 Å². The molecule has 0 aliphatic rings. The van der Waals surface area contributed by atoms with Crippen molar-refractivity contribution in [1.29, 1.82) is 0 Å². The number of pyridine rings is 1. The summed E-state index contributed by atoms with van der Waals surface area (Å²) in [6.07, 6.45) is 0. The predicted molar refractivity (Wildman–Crippen MR) is 75.2 cm³/mol. The zero-order valence-electron chi connectivity index (χ0n) is 10.8. The largest absolute Gasteiger partial charge is 0.313 e. The van der Waals surface area contributed by atoms with Crippen molar-refractivity contribution < 1.29 is 0 Å². The van der Waals surface area contributed by atoms with Crippen LogP contribution in [-0.4, -0.2) is 22.0 Å². The Hall–Kier alpha value is -2.27. The fourth-order valence-electron chi connectivity index (χ4n) is 2.19. The van der Waals surface area contributed by atoms with Crippen LogP contribution in [0, 0.1) is 6.92 Å². The molecule has 2 heterocycles. The zero-order valence-corrected chi connectivity index (χ0v) is 10.8. The van der Waals surface area contributed by atoms with Gasteiger partial charge in [0, 0.05) is 5.39 Å². The van der Waals surface area contributed by atoms with Gasteiger partial charge in [0.15, 0.2) is 5.65 Å². The molecular formula is C14H14N4O. The van der Waals surface area contributed by atoms with Crippen molar-refractivity contribution in [3.8, 4) is 0 Å². The van der Waals surface area contributed by atoms with E-state index in [1.54, 1.807) is 0 Å². The normalized spacial score (nSPS) is 11.3. The third-order valence-corrected chi connectivity index (χ3v) is 3.11. The van der Waals surface area contributed by atoms with E-state index in [4.69, 9.17) is 0 Å². The molecule has 0 atom stereocenters. The van der Waals surface area contributed by atoms with E-state index in [-0.39, 0.29) is 5.56 Å². The van der Waals surface area contributed by atoms with E-state index in [0.29, 0.717) is 23.4 Å². The van der Waals surface area contributed by atoms with Gasteiger partial charge in [-0.2, -0.15) is 0 Å². The molecule has 0 unspecified atom stereocenters. The standard InChI is InChI=1S/C14H14N4O/c1-8-4-3-5-9-6-10-13(18-12(8)9)16-11(7-15-2)17-14(10)19/h3-6,15H,7H2,1-2H3,(H,16,17,18,19). The first-order valence-corrected chi connectivity index (χ1v) is 6.13. The number of para-hydroxylation sites is 1. The highest BCUT2D eigenvalue weighted by molar-refractivity contribution is 5.92. The monoisotopic (exact) mass is 254 g/mol. The van der Waals surface area contributed by atoms with Gasteiger partial charge in [0.25, 0.3) is 5.56 Å². The fourth-order valence-corrected chi connectivity index (χ4v) is 2.19. The van der Waals surface area contributed by atoms with Gasteiger partial charge in [-0.1, -0.05) is 18.2 Å². The van der Waals surface area contributed by atoms with Gasteiger partial charge < -0.3 is 10.3 Å². The Kier molecular flexibility index (Phi) is 2.76. The summed E-state index contributed by atoms with van der Waals surface area (Å²) in [6.45, 7) is 2.52. The maximum Gasteiger partial charge on any atom is 0.260 e. The first kappa shape index (κ1) is 11.8. The summed E-state index contributed by atoms with van der Waals surface area (Å²) < 4.78 is 0. The molecule has 0 amide bonds. The molecule has 5 nitrogen and oxygen atoms in total.